The topological polar surface area (TPSA) is 9.23 Å². The van der Waals surface area contributed by atoms with Crippen LogP contribution in [0.2, 0.25) is 5.02 Å². The van der Waals surface area contributed by atoms with Gasteiger partial charge < -0.3 is 4.74 Å². The molecule has 0 saturated carbocycles. The summed E-state index contributed by atoms with van der Waals surface area (Å²) in [7, 11) is 1.65. The Morgan fingerprint density at radius 2 is 1.37 bits per heavy atom. The highest BCUT2D eigenvalue weighted by molar-refractivity contribution is 6.31. The second-order valence-electron chi connectivity index (χ2n) is 6.70. The van der Waals surface area contributed by atoms with E-state index in [-0.39, 0.29) is 0 Å². The van der Waals surface area contributed by atoms with Gasteiger partial charge in [-0.3, -0.25) is 0 Å². The third kappa shape index (κ3) is 2.47. The summed E-state index contributed by atoms with van der Waals surface area (Å²) in [5.74, 6) is 0. The highest BCUT2D eigenvalue weighted by atomic mass is 35.5. The van der Waals surface area contributed by atoms with Gasteiger partial charge in [0.05, 0.1) is 13.4 Å². The third-order valence-electron chi connectivity index (χ3n) is 5.24. The van der Waals surface area contributed by atoms with Gasteiger partial charge in [-0.25, -0.2) is 0 Å². The van der Waals surface area contributed by atoms with Crippen molar-refractivity contribution in [2.45, 2.75) is 0 Å². The molecule has 0 heterocycles. The fraction of sp³-hybridized carbons (Fsp3) is 0.0400. The molecule has 4 aromatic rings. The van der Waals surface area contributed by atoms with Crippen LogP contribution in [0, 0.1) is 0 Å². The molecule has 0 spiro atoms. The minimum atomic E-state index is 0.716. The molecule has 2 heteroatoms. The molecule has 130 valence electrons. The number of hydrogen-bond acceptors (Lipinski definition) is 1. The first-order chi connectivity index (χ1) is 13.3. The Kier molecular flexibility index (Phi) is 3.77. The second kappa shape index (κ2) is 6.29. The zero-order valence-corrected chi connectivity index (χ0v) is 15.6. The first kappa shape index (κ1) is 16.2. The lowest BCUT2D eigenvalue weighted by molar-refractivity contribution is 0.341. The van der Waals surface area contributed by atoms with Crippen LogP contribution < -0.4 is 0 Å². The Morgan fingerprint density at radius 3 is 2.15 bits per heavy atom. The van der Waals surface area contributed by atoms with E-state index in [1.165, 1.54) is 38.6 Å². The minimum absolute atomic E-state index is 0.716. The predicted molar refractivity (Wildman–Crippen MR) is 115 cm³/mol. The van der Waals surface area contributed by atoms with Crippen molar-refractivity contribution in [2.24, 2.45) is 0 Å². The molecule has 0 bridgehead atoms. The quantitative estimate of drug-likeness (QED) is 0.301. The molecule has 0 atom stereocenters. The summed E-state index contributed by atoms with van der Waals surface area (Å²) in [6.45, 7) is 0. The van der Waals surface area contributed by atoms with Crippen molar-refractivity contribution in [3.8, 4) is 33.4 Å². The fourth-order valence-electron chi connectivity index (χ4n) is 4.10. The molecule has 0 saturated heterocycles. The Bertz CT molecular complexity index is 1190. The lowest BCUT2D eigenvalue weighted by Gasteiger charge is -2.12. The van der Waals surface area contributed by atoms with Crippen molar-refractivity contribution < 1.29 is 4.74 Å². The number of methoxy groups -OCH3 is 1. The summed E-state index contributed by atoms with van der Waals surface area (Å²) in [6.07, 6.45) is 3.64. The van der Waals surface area contributed by atoms with Crippen molar-refractivity contribution in [3.63, 3.8) is 0 Å². The molecule has 0 unspecified atom stereocenters. The maximum absolute atomic E-state index is 6.25. The van der Waals surface area contributed by atoms with Crippen molar-refractivity contribution in [2.75, 3.05) is 7.11 Å². The normalized spacial score (nSPS) is 11.9. The Hall–Kier alpha value is -3.03. The number of halogens is 1. The van der Waals surface area contributed by atoms with Crippen LogP contribution in [0.4, 0.5) is 0 Å². The second-order valence-corrected chi connectivity index (χ2v) is 7.14. The molecule has 4 aromatic carbocycles. The number of hydrogen-bond donors (Lipinski definition) is 0. The van der Waals surface area contributed by atoms with Crippen LogP contribution >= 0.6 is 11.6 Å². The molecule has 0 aliphatic heterocycles. The van der Waals surface area contributed by atoms with E-state index >= 15 is 0 Å². The van der Waals surface area contributed by atoms with Crippen LogP contribution in [0.1, 0.15) is 5.56 Å². The van der Waals surface area contributed by atoms with Crippen LogP contribution in [0.5, 0.6) is 0 Å². The van der Waals surface area contributed by atoms with Gasteiger partial charge in [0.1, 0.15) is 0 Å². The summed E-state index contributed by atoms with van der Waals surface area (Å²) in [5.41, 5.74) is 8.63. The van der Waals surface area contributed by atoms with E-state index in [1.807, 2.05) is 18.2 Å². The molecule has 0 N–H and O–H groups in total. The highest BCUT2D eigenvalue weighted by Gasteiger charge is 2.22. The lowest BCUT2D eigenvalue weighted by atomic mass is 9.92. The molecule has 27 heavy (non-hydrogen) atoms. The van der Waals surface area contributed by atoms with E-state index in [9.17, 15) is 0 Å². The van der Waals surface area contributed by atoms with Crippen molar-refractivity contribution >= 4 is 28.4 Å². The molecule has 5 rings (SSSR count). The van der Waals surface area contributed by atoms with Gasteiger partial charge in [0, 0.05) is 5.02 Å². The van der Waals surface area contributed by atoms with Crippen LogP contribution in [-0.2, 0) is 4.74 Å². The predicted octanol–water partition coefficient (Wildman–Crippen LogP) is 7.42. The largest absolute Gasteiger partial charge is 0.504 e. The summed E-state index contributed by atoms with van der Waals surface area (Å²) in [4.78, 5) is 0. The molecule has 0 fully saturated rings. The first-order valence-corrected chi connectivity index (χ1v) is 9.30. The van der Waals surface area contributed by atoms with Gasteiger partial charge in [0.2, 0.25) is 0 Å². The van der Waals surface area contributed by atoms with E-state index in [0.717, 1.165) is 11.1 Å². The minimum Gasteiger partial charge on any atom is -0.504 e. The standard InChI is InChI=1S/C25H17ClO/c1-27-14-13-16-15-17(26)9-10-18(16)21-11-12-24-20-6-3-2-5-19(20)22-7-4-8-23(21)25(22)24/h2-15H,1H3. The zero-order chi connectivity index (χ0) is 18.4. The highest BCUT2D eigenvalue weighted by Crippen LogP contribution is 2.49. The van der Waals surface area contributed by atoms with Gasteiger partial charge in [0.15, 0.2) is 0 Å². The maximum Gasteiger partial charge on any atom is 0.0830 e. The smallest absolute Gasteiger partial charge is 0.0830 e. The molecule has 0 radical (unpaired) electrons. The van der Waals surface area contributed by atoms with Gasteiger partial charge >= 0.3 is 0 Å². The summed E-state index contributed by atoms with van der Waals surface area (Å²) < 4.78 is 5.13. The Balaban J connectivity index is 1.82. The SMILES string of the molecule is COC=Cc1cc(Cl)ccc1-c1ccc2c3c(cccc13)-c1ccccc1-2. The molecular formula is C25H17ClO. The van der Waals surface area contributed by atoms with Crippen molar-refractivity contribution in [1.82, 2.24) is 0 Å². The van der Waals surface area contributed by atoms with E-state index in [1.54, 1.807) is 13.4 Å². The van der Waals surface area contributed by atoms with Gasteiger partial charge in [0.25, 0.3) is 0 Å². The molecule has 0 aromatic heterocycles. The maximum atomic E-state index is 6.25. The summed E-state index contributed by atoms with van der Waals surface area (Å²) >= 11 is 6.25. The van der Waals surface area contributed by atoms with E-state index < -0.39 is 0 Å². The van der Waals surface area contributed by atoms with E-state index in [4.69, 9.17) is 16.3 Å². The molecule has 1 nitrogen and oxygen atoms in total. The number of ether oxygens (including phenoxy) is 1. The van der Waals surface area contributed by atoms with Crippen LogP contribution in [0.3, 0.4) is 0 Å². The zero-order valence-electron chi connectivity index (χ0n) is 14.9. The van der Waals surface area contributed by atoms with Crippen molar-refractivity contribution in [3.05, 3.63) is 89.6 Å². The monoisotopic (exact) mass is 368 g/mol. The number of benzene rings is 4. The molecule has 0 amide bonds. The Morgan fingerprint density at radius 1 is 0.704 bits per heavy atom. The van der Waals surface area contributed by atoms with Gasteiger partial charge in [-0.15, -0.1) is 0 Å². The lowest BCUT2D eigenvalue weighted by Crippen LogP contribution is -1.87. The third-order valence-corrected chi connectivity index (χ3v) is 5.47. The number of rotatable bonds is 3. The summed E-state index contributed by atoms with van der Waals surface area (Å²) in [5, 5.41) is 3.30. The average molecular weight is 369 g/mol. The van der Waals surface area contributed by atoms with Gasteiger partial charge in [-0.2, -0.15) is 0 Å². The van der Waals surface area contributed by atoms with E-state index in [0.29, 0.717) is 5.02 Å². The fourth-order valence-corrected chi connectivity index (χ4v) is 4.28. The van der Waals surface area contributed by atoms with Crippen LogP contribution in [0.15, 0.2) is 79.1 Å². The Labute approximate surface area is 163 Å². The molecular weight excluding hydrogens is 352 g/mol. The number of fused-ring (bicyclic) bond motifs is 3. The van der Waals surface area contributed by atoms with Crippen molar-refractivity contribution in [1.29, 1.82) is 0 Å². The van der Waals surface area contributed by atoms with E-state index in [2.05, 4.69) is 60.7 Å². The first-order valence-electron chi connectivity index (χ1n) is 8.93. The molecule has 1 aliphatic rings. The average Bonchev–Trinajstić information content (AvgIpc) is 3.03. The van der Waals surface area contributed by atoms with Gasteiger partial charge in [-0.05, 0) is 67.9 Å². The van der Waals surface area contributed by atoms with Gasteiger partial charge in [-0.1, -0.05) is 72.3 Å². The summed E-state index contributed by atoms with van der Waals surface area (Å²) in [6, 6.07) is 25.7. The van der Waals surface area contributed by atoms with Crippen LogP contribution in [-0.4, -0.2) is 7.11 Å². The molecule has 1 aliphatic carbocycles. The van der Waals surface area contributed by atoms with Crippen LogP contribution in [0.25, 0.3) is 50.2 Å².